The van der Waals surface area contributed by atoms with Gasteiger partial charge >= 0.3 is 18.2 Å². The standard InChI is InChI=1S/C28H44N4O6/c1-27(2,3)37-25(34)29-16-10-9-12-21(31-26(35)38-28(4,5)6)24(33)36-22-14-11-13-20-23(22)19(18-30-20)15-17-32(7)8/h11,13-14,18,21,30H,9-10,12,15-17H2,1-8H3,(H,29,34)(H,31,35)/t21-/m0/s1. The molecule has 10 nitrogen and oxygen atoms in total. The maximum atomic E-state index is 13.3. The van der Waals surface area contributed by atoms with Crippen LogP contribution < -0.4 is 15.4 Å². The molecule has 0 spiro atoms. The van der Waals surface area contributed by atoms with Gasteiger partial charge in [0.1, 0.15) is 23.0 Å². The van der Waals surface area contributed by atoms with Crippen LogP contribution in [0, 0.1) is 0 Å². The van der Waals surface area contributed by atoms with E-state index in [1.807, 2.05) is 32.4 Å². The largest absolute Gasteiger partial charge is 0.444 e. The number of aromatic nitrogens is 1. The number of fused-ring (bicyclic) bond motifs is 1. The molecule has 0 saturated carbocycles. The Bertz CT molecular complexity index is 1080. The van der Waals surface area contributed by atoms with Crippen molar-refractivity contribution in [1.82, 2.24) is 20.5 Å². The fourth-order valence-electron chi connectivity index (χ4n) is 3.70. The summed E-state index contributed by atoms with van der Waals surface area (Å²) in [6.07, 6.45) is 2.97. The minimum atomic E-state index is -0.925. The Morgan fingerprint density at radius 2 is 1.63 bits per heavy atom. The van der Waals surface area contributed by atoms with E-state index in [1.165, 1.54) is 0 Å². The van der Waals surface area contributed by atoms with Gasteiger partial charge in [0.15, 0.2) is 0 Å². The summed E-state index contributed by atoms with van der Waals surface area (Å²) in [7, 11) is 4.01. The molecule has 0 unspecified atom stereocenters. The van der Waals surface area contributed by atoms with Gasteiger partial charge in [-0.15, -0.1) is 0 Å². The van der Waals surface area contributed by atoms with E-state index in [-0.39, 0.29) is 0 Å². The van der Waals surface area contributed by atoms with Gasteiger partial charge in [-0.2, -0.15) is 0 Å². The summed E-state index contributed by atoms with van der Waals surface area (Å²) in [5, 5.41) is 6.21. The second kappa shape index (κ2) is 13.5. The van der Waals surface area contributed by atoms with E-state index in [1.54, 1.807) is 47.6 Å². The van der Waals surface area contributed by atoms with E-state index in [0.717, 1.165) is 29.4 Å². The summed E-state index contributed by atoms with van der Waals surface area (Å²) in [4.78, 5) is 43.0. The van der Waals surface area contributed by atoms with Gasteiger partial charge in [-0.1, -0.05) is 6.07 Å². The van der Waals surface area contributed by atoms with E-state index < -0.39 is 35.4 Å². The van der Waals surface area contributed by atoms with Crippen LogP contribution in [0.5, 0.6) is 5.75 Å². The van der Waals surface area contributed by atoms with E-state index in [0.29, 0.717) is 31.6 Å². The molecule has 212 valence electrons. The summed E-state index contributed by atoms with van der Waals surface area (Å²) in [6.45, 7) is 11.9. The van der Waals surface area contributed by atoms with Gasteiger partial charge in [-0.05, 0) is 99.0 Å². The Hall–Kier alpha value is -3.27. The van der Waals surface area contributed by atoms with Gasteiger partial charge in [-0.25, -0.2) is 14.4 Å². The first-order chi connectivity index (χ1) is 17.6. The Morgan fingerprint density at radius 1 is 0.974 bits per heavy atom. The van der Waals surface area contributed by atoms with Crippen molar-refractivity contribution in [3.63, 3.8) is 0 Å². The van der Waals surface area contributed by atoms with Crippen molar-refractivity contribution in [2.45, 2.75) is 84.5 Å². The molecule has 1 atom stereocenters. The summed E-state index contributed by atoms with van der Waals surface area (Å²) < 4.78 is 16.4. The molecule has 2 aromatic rings. The number of ether oxygens (including phenoxy) is 3. The Labute approximate surface area is 225 Å². The molecule has 0 aliphatic carbocycles. The number of carbonyl (C=O) groups is 3. The third-order valence-corrected chi connectivity index (χ3v) is 5.35. The number of unbranched alkanes of at least 4 members (excludes halogenated alkanes) is 1. The fraction of sp³-hybridized carbons (Fsp3) is 0.607. The highest BCUT2D eigenvalue weighted by atomic mass is 16.6. The quantitative estimate of drug-likeness (QED) is 0.217. The number of H-pyrrole nitrogens is 1. The number of esters is 1. The molecule has 0 saturated heterocycles. The van der Waals surface area contributed by atoms with Crippen molar-refractivity contribution in [3.05, 3.63) is 30.0 Å². The van der Waals surface area contributed by atoms with Crippen LogP contribution in [0.3, 0.4) is 0 Å². The van der Waals surface area contributed by atoms with Crippen LogP contribution >= 0.6 is 0 Å². The SMILES string of the molecule is CN(C)CCc1c[nH]c2cccc(OC(=O)[C@H](CCCCNC(=O)OC(C)(C)C)NC(=O)OC(C)(C)C)c12. The number of alkyl carbamates (subject to hydrolysis) is 2. The van der Waals surface area contributed by atoms with Crippen LogP contribution in [-0.4, -0.2) is 72.5 Å². The van der Waals surface area contributed by atoms with Gasteiger partial charge in [0.2, 0.25) is 0 Å². The summed E-state index contributed by atoms with van der Waals surface area (Å²) in [5.41, 5.74) is 0.620. The maximum absolute atomic E-state index is 13.3. The van der Waals surface area contributed by atoms with Crippen LogP contribution in [0.25, 0.3) is 10.9 Å². The fourth-order valence-corrected chi connectivity index (χ4v) is 3.70. The Balaban J connectivity index is 2.09. The summed E-state index contributed by atoms with van der Waals surface area (Å²) in [6, 6.07) is 4.57. The molecular formula is C28H44N4O6. The van der Waals surface area contributed by atoms with Gasteiger partial charge < -0.3 is 34.7 Å². The van der Waals surface area contributed by atoms with Gasteiger partial charge in [-0.3, -0.25) is 0 Å². The average molecular weight is 533 g/mol. The van der Waals surface area contributed by atoms with E-state index in [2.05, 4.69) is 20.5 Å². The maximum Gasteiger partial charge on any atom is 0.408 e. The molecule has 0 bridgehead atoms. The number of carbonyl (C=O) groups excluding carboxylic acids is 3. The molecule has 3 N–H and O–H groups in total. The van der Waals surface area contributed by atoms with Crippen LogP contribution in [0.4, 0.5) is 9.59 Å². The highest BCUT2D eigenvalue weighted by molar-refractivity contribution is 5.92. The Kier molecular flexibility index (Phi) is 11.0. The van der Waals surface area contributed by atoms with Crippen molar-refractivity contribution in [2.24, 2.45) is 0 Å². The first-order valence-electron chi connectivity index (χ1n) is 13.1. The molecule has 1 heterocycles. The highest BCUT2D eigenvalue weighted by Gasteiger charge is 2.27. The third kappa shape index (κ3) is 11.0. The van der Waals surface area contributed by atoms with Crippen molar-refractivity contribution in [3.8, 4) is 5.75 Å². The smallest absolute Gasteiger partial charge is 0.408 e. The minimum absolute atomic E-state index is 0.310. The number of rotatable bonds is 11. The lowest BCUT2D eigenvalue weighted by Crippen LogP contribution is -2.45. The van der Waals surface area contributed by atoms with E-state index >= 15 is 0 Å². The first kappa shape index (κ1) is 31.0. The number of benzene rings is 1. The molecule has 38 heavy (non-hydrogen) atoms. The van der Waals surface area contributed by atoms with Crippen molar-refractivity contribution in [1.29, 1.82) is 0 Å². The molecule has 0 fully saturated rings. The molecule has 10 heteroatoms. The number of likely N-dealkylation sites (N-methyl/N-ethyl adjacent to an activating group) is 1. The zero-order chi connectivity index (χ0) is 28.5. The second-order valence-electron chi connectivity index (χ2n) is 11.6. The van der Waals surface area contributed by atoms with Crippen LogP contribution in [0.2, 0.25) is 0 Å². The molecule has 0 aliphatic heterocycles. The lowest BCUT2D eigenvalue weighted by molar-refractivity contribution is -0.136. The molecule has 1 aromatic heterocycles. The van der Waals surface area contributed by atoms with Crippen LogP contribution in [-0.2, 0) is 20.7 Å². The monoisotopic (exact) mass is 532 g/mol. The van der Waals surface area contributed by atoms with E-state index in [9.17, 15) is 14.4 Å². The van der Waals surface area contributed by atoms with Gasteiger partial charge in [0.05, 0.1) is 0 Å². The number of aromatic amines is 1. The van der Waals surface area contributed by atoms with Crippen molar-refractivity contribution in [2.75, 3.05) is 27.2 Å². The topological polar surface area (TPSA) is 122 Å². The zero-order valence-electron chi connectivity index (χ0n) is 24.0. The molecule has 2 rings (SSSR count). The molecule has 0 aliphatic rings. The van der Waals surface area contributed by atoms with Gasteiger partial charge in [0.25, 0.3) is 0 Å². The van der Waals surface area contributed by atoms with Crippen LogP contribution in [0.1, 0.15) is 66.4 Å². The molecule has 0 radical (unpaired) electrons. The van der Waals surface area contributed by atoms with Crippen LogP contribution in [0.15, 0.2) is 24.4 Å². The number of hydrogen-bond donors (Lipinski definition) is 3. The lowest BCUT2D eigenvalue weighted by Gasteiger charge is -2.23. The van der Waals surface area contributed by atoms with Gasteiger partial charge in [0, 0.05) is 30.2 Å². The molecular weight excluding hydrogens is 488 g/mol. The van der Waals surface area contributed by atoms with Crippen molar-refractivity contribution >= 4 is 29.1 Å². The second-order valence-corrected chi connectivity index (χ2v) is 11.6. The predicted octanol–water partition coefficient (Wildman–Crippen LogP) is 4.77. The van der Waals surface area contributed by atoms with Crippen molar-refractivity contribution < 1.29 is 28.6 Å². The average Bonchev–Trinajstić information content (AvgIpc) is 3.18. The highest BCUT2D eigenvalue weighted by Crippen LogP contribution is 2.30. The molecule has 1 aromatic carbocycles. The minimum Gasteiger partial charge on any atom is -0.444 e. The predicted molar refractivity (Wildman–Crippen MR) is 147 cm³/mol. The van der Waals surface area contributed by atoms with E-state index in [4.69, 9.17) is 14.2 Å². The summed E-state index contributed by atoms with van der Waals surface area (Å²) >= 11 is 0. The lowest BCUT2D eigenvalue weighted by atomic mass is 10.1. The zero-order valence-corrected chi connectivity index (χ0v) is 24.0. The normalized spacial score (nSPS) is 12.8. The number of nitrogens with zero attached hydrogens (tertiary/aromatic N) is 1. The third-order valence-electron chi connectivity index (χ3n) is 5.35. The number of hydrogen-bond acceptors (Lipinski definition) is 7. The molecule has 2 amide bonds. The first-order valence-corrected chi connectivity index (χ1v) is 13.1. The number of nitrogens with one attached hydrogen (secondary N) is 3. The Morgan fingerprint density at radius 3 is 2.26 bits per heavy atom. The number of amides is 2. The summed E-state index contributed by atoms with van der Waals surface area (Å²) in [5.74, 6) is -0.145.